The van der Waals surface area contributed by atoms with Gasteiger partial charge in [-0.3, -0.25) is 10.1 Å². The van der Waals surface area contributed by atoms with Gasteiger partial charge in [0.2, 0.25) is 0 Å². The summed E-state index contributed by atoms with van der Waals surface area (Å²) in [6, 6.07) is 3.93. The molecular formula is C19H25N5O3. The Hall–Kier alpha value is -2.77. The molecule has 8 nitrogen and oxygen atoms in total. The molecule has 1 amide bonds. The number of carbonyl (C=O) groups excluding carboxylic acids is 1. The van der Waals surface area contributed by atoms with Crippen LogP contribution in [0.15, 0.2) is 24.5 Å². The third-order valence-electron chi connectivity index (χ3n) is 5.08. The van der Waals surface area contributed by atoms with Crippen LogP contribution in [-0.2, 0) is 4.74 Å². The van der Waals surface area contributed by atoms with Crippen LogP contribution in [0, 0.1) is 0 Å². The van der Waals surface area contributed by atoms with E-state index in [1.165, 1.54) is 0 Å². The number of pyridine rings is 1. The second kappa shape index (κ2) is 7.85. The lowest BCUT2D eigenvalue weighted by atomic mass is 10.0. The average Bonchev–Trinajstić information content (AvgIpc) is 3.28. The number of aromatic amines is 1. The first-order valence-corrected chi connectivity index (χ1v) is 9.54. The number of carbonyl (C=O) groups is 1. The predicted octanol–water partition coefficient (Wildman–Crippen LogP) is 3.47. The van der Waals surface area contributed by atoms with E-state index < -0.39 is 0 Å². The number of H-pyrrole nitrogens is 1. The Bertz CT molecular complexity index is 793. The molecule has 6 bridgehead atoms. The van der Waals surface area contributed by atoms with Gasteiger partial charge in [0.1, 0.15) is 11.9 Å². The van der Waals surface area contributed by atoms with Gasteiger partial charge < -0.3 is 20.1 Å². The summed E-state index contributed by atoms with van der Waals surface area (Å²) < 4.78 is 11.5. The van der Waals surface area contributed by atoms with E-state index in [0.717, 1.165) is 49.3 Å². The second-order valence-corrected chi connectivity index (χ2v) is 7.28. The molecule has 27 heavy (non-hydrogen) atoms. The molecule has 2 aromatic heterocycles. The van der Waals surface area contributed by atoms with E-state index in [9.17, 15) is 4.79 Å². The minimum Gasteiger partial charge on any atom is -0.489 e. The van der Waals surface area contributed by atoms with Gasteiger partial charge in [-0.25, -0.2) is 4.79 Å². The van der Waals surface area contributed by atoms with Crippen molar-refractivity contribution >= 4 is 17.6 Å². The molecule has 0 spiro atoms. The summed E-state index contributed by atoms with van der Waals surface area (Å²) in [6.07, 6.45) is 7.40. The predicted molar refractivity (Wildman–Crippen MR) is 100 cm³/mol. The Morgan fingerprint density at radius 1 is 1.15 bits per heavy atom. The molecule has 1 aliphatic heterocycles. The maximum absolute atomic E-state index is 12.0. The molecule has 0 aromatic carbocycles. The Kier molecular flexibility index (Phi) is 5.13. The Morgan fingerprint density at radius 2 is 2.07 bits per heavy atom. The summed E-state index contributed by atoms with van der Waals surface area (Å²) in [4.78, 5) is 16.2. The van der Waals surface area contributed by atoms with Crippen LogP contribution in [0.2, 0.25) is 0 Å². The third kappa shape index (κ3) is 4.50. The van der Waals surface area contributed by atoms with Crippen LogP contribution in [0.3, 0.4) is 0 Å². The van der Waals surface area contributed by atoms with Crippen molar-refractivity contribution < 1.29 is 14.3 Å². The fourth-order valence-electron chi connectivity index (χ4n) is 3.70. The Balaban J connectivity index is 1.53. The fraction of sp³-hybridized carbons (Fsp3) is 0.526. The molecule has 8 heteroatoms. The normalized spacial score (nSPS) is 26.0. The smallest absolute Gasteiger partial charge is 0.407 e. The van der Waals surface area contributed by atoms with Gasteiger partial charge in [0.15, 0.2) is 5.82 Å². The highest BCUT2D eigenvalue weighted by Crippen LogP contribution is 2.36. The number of nitrogens with one attached hydrogen (secondary N) is 3. The first-order valence-electron chi connectivity index (χ1n) is 9.54. The number of alkyl carbamates (subject to hydrolysis) is 1. The number of anilines is 2. The molecule has 1 saturated carbocycles. The summed E-state index contributed by atoms with van der Waals surface area (Å²) in [7, 11) is 0. The van der Waals surface area contributed by atoms with Gasteiger partial charge in [0, 0.05) is 30.3 Å². The van der Waals surface area contributed by atoms with Crippen molar-refractivity contribution in [2.24, 2.45) is 0 Å². The van der Waals surface area contributed by atoms with Crippen LogP contribution in [0.1, 0.15) is 50.6 Å². The zero-order valence-electron chi connectivity index (χ0n) is 15.4. The van der Waals surface area contributed by atoms with Gasteiger partial charge in [-0.2, -0.15) is 5.10 Å². The van der Waals surface area contributed by atoms with Crippen LogP contribution in [0.5, 0.6) is 5.75 Å². The standard InChI is InChI=1S/C19H25N5O3/c1-12-3-2-6-21-19(25)27-15-5-4-13(7-15)17-9-18(24-23-17)22-14-8-16(26-12)11-20-10-14/h8-13,15H,2-7H2,1H3,(H,21,25)(H2,22,23,24). The van der Waals surface area contributed by atoms with Crippen molar-refractivity contribution in [3.8, 4) is 5.75 Å². The van der Waals surface area contributed by atoms with Gasteiger partial charge in [0.05, 0.1) is 24.2 Å². The van der Waals surface area contributed by atoms with E-state index in [-0.39, 0.29) is 18.3 Å². The molecule has 3 unspecified atom stereocenters. The Labute approximate surface area is 158 Å². The van der Waals surface area contributed by atoms with Crippen molar-refractivity contribution in [1.82, 2.24) is 20.5 Å². The summed E-state index contributed by atoms with van der Waals surface area (Å²) in [5, 5.41) is 13.6. The van der Waals surface area contributed by atoms with Crippen molar-refractivity contribution in [1.29, 1.82) is 0 Å². The number of fused-ring (bicyclic) bond motifs is 7. The zero-order chi connectivity index (χ0) is 18.6. The molecule has 2 aliphatic rings. The summed E-state index contributed by atoms with van der Waals surface area (Å²) in [6.45, 7) is 2.59. The molecule has 1 fully saturated rings. The SMILES string of the molecule is CC1CCCNC(=O)OC2CCC(C2)c2cc(n[nH]2)Nc2cncc(c2)O1. The topological polar surface area (TPSA) is 101 Å². The first-order chi connectivity index (χ1) is 13.2. The number of nitrogens with zero attached hydrogens (tertiary/aromatic N) is 2. The number of hydrogen-bond acceptors (Lipinski definition) is 6. The number of amides is 1. The van der Waals surface area contributed by atoms with E-state index in [0.29, 0.717) is 18.2 Å². The highest BCUT2D eigenvalue weighted by atomic mass is 16.6. The minimum atomic E-state index is -0.334. The van der Waals surface area contributed by atoms with Gasteiger partial charge in [0.25, 0.3) is 0 Å². The lowest BCUT2D eigenvalue weighted by Gasteiger charge is -2.16. The molecule has 3 heterocycles. The van der Waals surface area contributed by atoms with Gasteiger partial charge >= 0.3 is 6.09 Å². The molecular weight excluding hydrogens is 346 g/mol. The summed E-state index contributed by atoms with van der Waals surface area (Å²) in [5.74, 6) is 1.76. The number of hydrogen-bond donors (Lipinski definition) is 3. The molecule has 0 saturated heterocycles. The van der Waals surface area contributed by atoms with E-state index >= 15 is 0 Å². The molecule has 3 atom stereocenters. The van der Waals surface area contributed by atoms with Crippen LogP contribution < -0.4 is 15.4 Å². The van der Waals surface area contributed by atoms with E-state index in [4.69, 9.17) is 9.47 Å². The van der Waals surface area contributed by atoms with Crippen molar-refractivity contribution in [2.75, 3.05) is 11.9 Å². The van der Waals surface area contributed by atoms with Crippen molar-refractivity contribution in [3.63, 3.8) is 0 Å². The molecule has 2 aromatic rings. The maximum atomic E-state index is 12.0. The number of rotatable bonds is 0. The molecule has 3 N–H and O–H groups in total. The van der Waals surface area contributed by atoms with Crippen LogP contribution in [0.25, 0.3) is 0 Å². The first kappa shape index (κ1) is 17.6. The monoisotopic (exact) mass is 371 g/mol. The van der Waals surface area contributed by atoms with Gasteiger partial charge in [-0.05, 0) is 39.0 Å². The zero-order valence-corrected chi connectivity index (χ0v) is 15.4. The van der Waals surface area contributed by atoms with E-state index in [1.54, 1.807) is 12.4 Å². The largest absolute Gasteiger partial charge is 0.489 e. The highest BCUT2D eigenvalue weighted by Gasteiger charge is 2.30. The van der Waals surface area contributed by atoms with Gasteiger partial charge in [-0.1, -0.05) is 0 Å². The molecule has 4 rings (SSSR count). The van der Waals surface area contributed by atoms with Gasteiger partial charge in [-0.15, -0.1) is 0 Å². The quantitative estimate of drug-likeness (QED) is 0.655. The lowest BCUT2D eigenvalue weighted by molar-refractivity contribution is 0.0996. The molecule has 1 aliphatic carbocycles. The molecule has 0 radical (unpaired) electrons. The number of ether oxygens (including phenoxy) is 2. The molecule has 144 valence electrons. The van der Waals surface area contributed by atoms with Crippen LogP contribution in [-0.4, -0.2) is 40.0 Å². The van der Waals surface area contributed by atoms with Crippen molar-refractivity contribution in [3.05, 3.63) is 30.2 Å². The summed E-state index contributed by atoms with van der Waals surface area (Å²) in [5.41, 5.74) is 1.89. The average molecular weight is 371 g/mol. The minimum absolute atomic E-state index is 0.0198. The van der Waals surface area contributed by atoms with Crippen molar-refractivity contribution in [2.45, 2.75) is 57.2 Å². The summed E-state index contributed by atoms with van der Waals surface area (Å²) >= 11 is 0. The lowest BCUT2D eigenvalue weighted by Crippen LogP contribution is -2.29. The highest BCUT2D eigenvalue weighted by molar-refractivity contribution is 5.67. The van der Waals surface area contributed by atoms with E-state index in [1.807, 2.05) is 19.1 Å². The fourth-order valence-corrected chi connectivity index (χ4v) is 3.70. The van der Waals surface area contributed by atoms with Crippen LogP contribution in [0.4, 0.5) is 16.3 Å². The third-order valence-corrected chi connectivity index (χ3v) is 5.08. The second-order valence-electron chi connectivity index (χ2n) is 7.28. The Morgan fingerprint density at radius 3 is 3.00 bits per heavy atom. The van der Waals surface area contributed by atoms with E-state index in [2.05, 4.69) is 25.8 Å². The number of aromatic nitrogens is 3. The van der Waals surface area contributed by atoms with Crippen LogP contribution >= 0.6 is 0 Å². The maximum Gasteiger partial charge on any atom is 0.407 e.